The fourth-order valence-electron chi connectivity index (χ4n) is 2.31. The monoisotopic (exact) mass is 254 g/mol. The summed E-state index contributed by atoms with van der Waals surface area (Å²) < 4.78 is 0. The zero-order chi connectivity index (χ0) is 13.2. The van der Waals surface area contributed by atoms with Crippen molar-refractivity contribution in [3.8, 4) is 0 Å². The molecular formula is C16H18N2O. The molecular weight excluding hydrogens is 236 g/mol. The van der Waals surface area contributed by atoms with E-state index in [0.29, 0.717) is 6.04 Å². The molecule has 1 aliphatic carbocycles. The van der Waals surface area contributed by atoms with Crippen LogP contribution >= 0.6 is 0 Å². The van der Waals surface area contributed by atoms with Gasteiger partial charge in [0.2, 0.25) is 0 Å². The fraction of sp³-hybridized carbons (Fsp3) is 0.312. The van der Waals surface area contributed by atoms with Crippen molar-refractivity contribution in [2.45, 2.75) is 25.8 Å². The number of anilines is 1. The van der Waals surface area contributed by atoms with Crippen molar-refractivity contribution < 1.29 is 4.79 Å². The molecule has 3 heteroatoms. The number of benzene rings is 1. The molecule has 1 unspecified atom stereocenters. The molecule has 1 fully saturated rings. The molecule has 1 amide bonds. The van der Waals surface area contributed by atoms with Crippen LogP contribution in [0.5, 0.6) is 0 Å². The van der Waals surface area contributed by atoms with Gasteiger partial charge in [-0.3, -0.25) is 4.79 Å². The maximum atomic E-state index is 12.1. The Balaban J connectivity index is 1.67. The Morgan fingerprint density at radius 2 is 2.05 bits per heavy atom. The minimum absolute atomic E-state index is 0.0173. The predicted octanol–water partition coefficient (Wildman–Crippen LogP) is 2.94. The minimum Gasteiger partial charge on any atom is -0.322 e. The van der Waals surface area contributed by atoms with E-state index < -0.39 is 0 Å². The fourth-order valence-corrected chi connectivity index (χ4v) is 2.31. The topological polar surface area (TPSA) is 51.0 Å². The SMILES string of the molecule is CC1=CC(C(=O)Nc2ccc(C3CN3)cc2)=CCC1. The van der Waals surface area contributed by atoms with Gasteiger partial charge in [-0.2, -0.15) is 0 Å². The van der Waals surface area contributed by atoms with Crippen LogP contribution in [0.25, 0.3) is 0 Å². The smallest absolute Gasteiger partial charge is 0.255 e. The van der Waals surface area contributed by atoms with Crippen LogP contribution in [0.3, 0.4) is 0 Å². The van der Waals surface area contributed by atoms with E-state index >= 15 is 0 Å². The van der Waals surface area contributed by atoms with Gasteiger partial charge < -0.3 is 10.6 Å². The first-order chi connectivity index (χ1) is 9.22. The van der Waals surface area contributed by atoms with Crippen LogP contribution in [0.15, 0.2) is 47.6 Å². The molecule has 3 rings (SSSR count). The van der Waals surface area contributed by atoms with Gasteiger partial charge in [-0.05, 0) is 37.5 Å². The van der Waals surface area contributed by atoms with Crippen LogP contribution in [0, 0.1) is 0 Å². The molecule has 0 aromatic heterocycles. The van der Waals surface area contributed by atoms with E-state index in [1.807, 2.05) is 24.3 Å². The van der Waals surface area contributed by atoms with E-state index in [0.717, 1.165) is 30.6 Å². The number of amides is 1. The average Bonchev–Trinajstić information content (AvgIpc) is 3.24. The van der Waals surface area contributed by atoms with Crippen molar-refractivity contribution in [1.82, 2.24) is 5.32 Å². The molecule has 1 atom stereocenters. The van der Waals surface area contributed by atoms with Gasteiger partial charge in [0, 0.05) is 23.8 Å². The van der Waals surface area contributed by atoms with Crippen LogP contribution in [-0.4, -0.2) is 12.5 Å². The molecule has 2 aliphatic rings. The van der Waals surface area contributed by atoms with Gasteiger partial charge in [0.25, 0.3) is 5.91 Å². The van der Waals surface area contributed by atoms with Crippen LogP contribution in [0.4, 0.5) is 5.69 Å². The largest absolute Gasteiger partial charge is 0.322 e. The zero-order valence-electron chi connectivity index (χ0n) is 11.1. The van der Waals surface area contributed by atoms with Crippen LogP contribution in [0.1, 0.15) is 31.4 Å². The Morgan fingerprint density at radius 3 is 2.68 bits per heavy atom. The molecule has 98 valence electrons. The maximum absolute atomic E-state index is 12.1. The van der Waals surface area contributed by atoms with Crippen molar-refractivity contribution in [2.75, 3.05) is 11.9 Å². The van der Waals surface area contributed by atoms with E-state index in [1.165, 1.54) is 11.1 Å². The quantitative estimate of drug-likeness (QED) is 0.815. The van der Waals surface area contributed by atoms with E-state index in [1.54, 1.807) is 0 Å². The van der Waals surface area contributed by atoms with Gasteiger partial charge in [0.1, 0.15) is 0 Å². The first-order valence-corrected chi connectivity index (χ1v) is 6.74. The van der Waals surface area contributed by atoms with Gasteiger partial charge >= 0.3 is 0 Å². The number of carbonyl (C=O) groups excluding carboxylic acids is 1. The lowest BCUT2D eigenvalue weighted by atomic mass is 10.0. The first-order valence-electron chi connectivity index (χ1n) is 6.74. The Hall–Kier alpha value is -1.87. The molecule has 19 heavy (non-hydrogen) atoms. The number of carbonyl (C=O) groups is 1. The van der Waals surface area contributed by atoms with Crippen LogP contribution in [-0.2, 0) is 4.79 Å². The first kappa shape index (κ1) is 12.2. The Kier molecular flexibility index (Phi) is 3.22. The molecule has 1 heterocycles. The zero-order valence-corrected chi connectivity index (χ0v) is 11.1. The van der Waals surface area contributed by atoms with Gasteiger partial charge in [0.15, 0.2) is 0 Å². The Morgan fingerprint density at radius 1 is 1.32 bits per heavy atom. The Labute approximate surface area is 113 Å². The second-order valence-electron chi connectivity index (χ2n) is 5.23. The van der Waals surface area contributed by atoms with Crippen LogP contribution in [0.2, 0.25) is 0 Å². The highest BCUT2D eigenvalue weighted by Gasteiger charge is 2.21. The standard InChI is InChI=1S/C16H18N2O/c1-11-3-2-4-13(9-11)16(19)18-14-7-5-12(6-8-14)15-10-17-15/h4-9,15,17H,2-3,10H2,1H3,(H,18,19). The third kappa shape index (κ3) is 2.93. The van der Waals surface area contributed by atoms with Crippen molar-refractivity contribution in [3.05, 3.63) is 53.1 Å². The van der Waals surface area contributed by atoms with Gasteiger partial charge in [-0.25, -0.2) is 0 Å². The molecule has 1 aliphatic heterocycles. The summed E-state index contributed by atoms with van der Waals surface area (Å²) in [6.45, 7) is 3.13. The Bertz CT molecular complexity index is 551. The number of hydrogen-bond donors (Lipinski definition) is 2. The molecule has 0 radical (unpaired) electrons. The molecule has 1 saturated heterocycles. The van der Waals surface area contributed by atoms with Crippen molar-refractivity contribution in [2.24, 2.45) is 0 Å². The summed E-state index contributed by atoms with van der Waals surface area (Å²) in [7, 11) is 0. The summed E-state index contributed by atoms with van der Waals surface area (Å²) >= 11 is 0. The van der Waals surface area contributed by atoms with Crippen LogP contribution < -0.4 is 10.6 Å². The molecule has 0 saturated carbocycles. The lowest BCUT2D eigenvalue weighted by Gasteiger charge is -2.11. The van der Waals surface area contributed by atoms with Gasteiger partial charge in [-0.1, -0.05) is 29.9 Å². The molecule has 1 aromatic rings. The molecule has 0 bridgehead atoms. The van der Waals surface area contributed by atoms with E-state index in [-0.39, 0.29) is 5.91 Å². The maximum Gasteiger partial charge on any atom is 0.255 e. The summed E-state index contributed by atoms with van der Waals surface area (Å²) in [5.41, 5.74) is 4.18. The lowest BCUT2D eigenvalue weighted by Crippen LogP contribution is -2.14. The van der Waals surface area contributed by atoms with Crippen molar-refractivity contribution in [3.63, 3.8) is 0 Å². The average molecular weight is 254 g/mol. The number of hydrogen-bond acceptors (Lipinski definition) is 2. The molecule has 3 nitrogen and oxygen atoms in total. The third-order valence-electron chi connectivity index (χ3n) is 3.55. The number of rotatable bonds is 3. The second-order valence-corrected chi connectivity index (χ2v) is 5.23. The predicted molar refractivity (Wildman–Crippen MR) is 76.9 cm³/mol. The molecule has 2 N–H and O–H groups in total. The van der Waals surface area contributed by atoms with Gasteiger partial charge in [0.05, 0.1) is 0 Å². The third-order valence-corrected chi connectivity index (χ3v) is 3.55. The van der Waals surface area contributed by atoms with Crippen molar-refractivity contribution in [1.29, 1.82) is 0 Å². The molecule has 0 spiro atoms. The number of allylic oxidation sites excluding steroid dienone is 2. The molecule has 1 aromatic carbocycles. The highest BCUT2D eigenvalue weighted by atomic mass is 16.1. The summed E-state index contributed by atoms with van der Waals surface area (Å²) in [4.78, 5) is 12.1. The summed E-state index contributed by atoms with van der Waals surface area (Å²) in [5, 5.41) is 6.21. The second kappa shape index (κ2) is 5.02. The van der Waals surface area contributed by atoms with E-state index in [4.69, 9.17) is 0 Å². The summed E-state index contributed by atoms with van der Waals surface area (Å²) in [6, 6.07) is 8.57. The summed E-state index contributed by atoms with van der Waals surface area (Å²) in [6.07, 6.45) is 5.99. The highest BCUT2D eigenvalue weighted by Crippen LogP contribution is 2.23. The minimum atomic E-state index is -0.0173. The lowest BCUT2D eigenvalue weighted by molar-refractivity contribution is -0.112. The van der Waals surface area contributed by atoms with E-state index in [9.17, 15) is 4.79 Å². The summed E-state index contributed by atoms with van der Waals surface area (Å²) in [5.74, 6) is -0.0173. The van der Waals surface area contributed by atoms with E-state index in [2.05, 4.69) is 29.7 Å². The van der Waals surface area contributed by atoms with Crippen molar-refractivity contribution >= 4 is 11.6 Å². The highest BCUT2D eigenvalue weighted by molar-refractivity contribution is 6.05. The van der Waals surface area contributed by atoms with Gasteiger partial charge in [-0.15, -0.1) is 0 Å². The number of nitrogens with one attached hydrogen (secondary N) is 2. The normalized spacial score (nSPS) is 21.4.